The summed E-state index contributed by atoms with van der Waals surface area (Å²) in [5, 5.41) is 48.5. The number of carboxylic acids is 1. The molecule has 1 fully saturated rings. The molecule has 0 spiro atoms. The zero-order chi connectivity index (χ0) is 23.0. The van der Waals surface area contributed by atoms with E-state index in [-0.39, 0.29) is 45.6 Å². The summed E-state index contributed by atoms with van der Waals surface area (Å²) in [6.07, 6.45) is -1.28. The van der Waals surface area contributed by atoms with Gasteiger partial charge in [0.1, 0.15) is 13.2 Å². The van der Waals surface area contributed by atoms with Crippen LogP contribution in [0.15, 0.2) is 0 Å². The molecule has 0 bridgehead atoms. The number of hydrogen-bond donors (Lipinski definition) is 6. The number of carboxylic acid groups (broad SMARTS) is 1. The van der Waals surface area contributed by atoms with E-state index < -0.39 is 67.0 Å². The van der Waals surface area contributed by atoms with Crippen molar-refractivity contribution in [2.24, 2.45) is 0 Å². The van der Waals surface area contributed by atoms with E-state index in [0.717, 1.165) is 0 Å². The van der Waals surface area contributed by atoms with Gasteiger partial charge in [-0.05, 0) is 0 Å². The van der Waals surface area contributed by atoms with Gasteiger partial charge in [0, 0.05) is 45.4 Å². The molecule has 0 aromatic heterocycles. The van der Waals surface area contributed by atoms with Gasteiger partial charge in [0.25, 0.3) is 0 Å². The van der Waals surface area contributed by atoms with Gasteiger partial charge in [-0.25, -0.2) is 9.80 Å². The average molecular weight is 493 g/mol. The summed E-state index contributed by atoms with van der Waals surface area (Å²) in [5.41, 5.74) is -4.16. The van der Waals surface area contributed by atoms with Crippen LogP contribution >= 0.6 is 24.3 Å². The Hall–Kier alpha value is -0.420. The van der Waals surface area contributed by atoms with Crippen LogP contribution in [0.4, 0.5) is 0 Å². The predicted octanol–water partition coefficient (Wildman–Crippen LogP) is -2.07. The van der Waals surface area contributed by atoms with E-state index in [9.17, 15) is 43.8 Å². The summed E-state index contributed by atoms with van der Waals surface area (Å²) >= 11 is 0. The highest BCUT2D eigenvalue weighted by Gasteiger charge is 2.47. The van der Waals surface area contributed by atoms with Crippen molar-refractivity contribution < 1.29 is 48.9 Å². The van der Waals surface area contributed by atoms with Gasteiger partial charge in [0.15, 0.2) is 0 Å². The third-order valence-electron chi connectivity index (χ3n) is 4.92. The maximum Gasteiger partial charge on any atom is 0.379 e. The topological polar surface area (TPSA) is 199 Å². The molecule has 30 heavy (non-hydrogen) atoms. The van der Waals surface area contributed by atoms with Gasteiger partial charge >= 0.3 is 33.8 Å². The first-order chi connectivity index (χ1) is 13.9. The SMILES string of the molecule is O=[PH+]C(O)(CO)N1CCN(CP(=O)(O)CCC(=O)O)CCN(C(O)(CO)[PH+]=O)CC1. The molecule has 1 aliphatic rings. The largest absolute Gasteiger partial charge is 0.481 e. The molecule has 1 saturated heterocycles. The predicted molar refractivity (Wildman–Crippen MR) is 109 cm³/mol. The molecular formula is C14H30N3O10P3+2. The number of carbonyl (C=O) groups is 1. The maximum atomic E-state index is 12.4. The van der Waals surface area contributed by atoms with Gasteiger partial charge in [-0.2, -0.15) is 0 Å². The van der Waals surface area contributed by atoms with Gasteiger partial charge in [-0.3, -0.25) is 14.3 Å². The maximum absolute atomic E-state index is 12.4. The van der Waals surface area contributed by atoms with E-state index in [0.29, 0.717) is 0 Å². The van der Waals surface area contributed by atoms with Crippen LogP contribution in [0.2, 0.25) is 0 Å². The molecule has 0 radical (unpaired) electrons. The lowest BCUT2D eigenvalue weighted by molar-refractivity contribution is -0.136. The van der Waals surface area contributed by atoms with E-state index in [1.54, 1.807) is 0 Å². The van der Waals surface area contributed by atoms with Crippen molar-refractivity contribution in [2.45, 2.75) is 17.4 Å². The van der Waals surface area contributed by atoms with Crippen LogP contribution in [0.5, 0.6) is 0 Å². The van der Waals surface area contributed by atoms with Crippen molar-refractivity contribution in [2.75, 3.05) is 64.9 Å². The summed E-state index contributed by atoms with van der Waals surface area (Å²) in [4.78, 5) is 24.9. The molecule has 5 unspecified atom stereocenters. The van der Waals surface area contributed by atoms with Crippen LogP contribution in [0.3, 0.4) is 0 Å². The number of aliphatic hydroxyl groups excluding tert-OH is 2. The molecule has 5 atom stereocenters. The van der Waals surface area contributed by atoms with Gasteiger partial charge in [-0.1, -0.05) is 9.13 Å². The smallest absolute Gasteiger partial charge is 0.379 e. The van der Waals surface area contributed by atoms with E-state index in [1.807, 2.05) is 0 Å². The Morgan fingerprint density at radius 2 is 1.30 bits per heavy atom. The molecule has 0 amide bonds. The molecule has 13 nitrogen and oxygen atoms in total. The van der Waals surface area contributed by atoms with Crippen molar-refractivity contribution in [1.29, 1.82) is 0 Å². The van der Waals surface area contributed by atoms with Gasteiger partial charge in [0.05, 0.1) is 12.7 Å². The lowest BCUT2D eigenvalue weighted by Crippen LogP contribution is -2.54. The fourth-order valence-electron chi connectivity index (χ4n) is 3.03. The van der Waals surface area contributed by atoms with Crippen molar-refractivity contribution >= 4 is 30.3 Å². The zero-order valence-corrected chi connectivity index (χ0v) is 19.3. The third-order valence-corrected chi connectivity index (χ3v) is 8.29. The summed E-state index contributed by atoms with van der Waals surface area (Å²) in [6.45, 7) is -1.43. The lowest BCUT2D eigenvalue weighted by Gasteiger charge is -2.31. The number of hydrogen-bond acceptors (Lipinski definition) is 11. The van der Waals surface area contributed by atoms with Crippen molar-refractivity contribution in [3.63, 3.8) is 0 Å². The highest BCUT2D eigenvalue weighted by Crippen LogP contribution is 2.42. The Bertz CT molecular complexity index is 625. The highest BCUT2D eigenvalue weighted by molar-refractivity contribution is 7.57. The molecule has 0 aromatic rings. The second-order valence-electron chi connectivity index (χ2n) is 7.10. The first-order valence-electron chi connectivity index (χ1n) is 9.15. The number of aliphatic carboxylic acids is 1. The average Bonchev–Trinajstić information content (AvgIpc) is 2.82. The molecule has 6 N–H and O–H groups in total. The third kappa shape index (κ3) is 7.93. The molecule has 0 aromatic carbocycles. The molecule has 1 rings (SSSR count). The van der Waals surface area contributed by atoms with Crippen LogP contribution in [-0.2, 0) is 18.5 Å². The molecule has 16 heteroatoms. The first-order valence-corrected chi connectivity index (χ1v) is 13.0. The van der Waals surface area contributed by atoms with Crippen molar-refractivity contribution in [3.05, 3.63) is 0 Å². The molecule has 1 heterocycles. The Labute approximate surface area is 176 Å². The van der Waals surface area contributed by atoms with Gasteiger partial charge < -0.3 is 30.4 Å². The summed E-state index contributed by atoms with van der Waals surface area (Å²) in [5.74, 6) is -1.21. The van der Waals surface area contributed by atoms with E-state index >= 15 is 0 Å². The molecule has 174 valence electrons. The van der Waals surface area contributed by atoms with Gasteiger partial charge in [-0.15, -0.1) is 0 Å². The number of rotatable bonds is 11. The van der Waals surface area contributed by atoms with Crippen molar-refractivity contribution in [3.8, 4) is 0 Å². The normalized spacial score (nSPS) is 24.3. The van der Waals surface area contributed by atoms with Gasteiger partial charge in [0.2, 0.25) is 7.37 Å². The Kier molecular flexibility index (Phi) is 11.0. The minimum atomic E-state index is -3.85. The second-order valence-corrected chi connectivity index (χ2v) is 11.5. The molecule has 1 aliphatic heterocycles. The summed E-state index contributed by atoms with van der Waals surface area (Å²) < 4.78 is 35.4. The summed E-state index contributed by atoms with van der Waals surface area (Å²) in [7, 11) is -6.47. The monoisotopic (exact) mass is 493 g/mol. The van der Waals surface area contributed by atoms with E-state index in [4.69, 9.17) is 5.11 Å². The van der Waals surface area contributed by atoms with Crippen molar-refractivity contribution in [1.82, 2.24) is 14.7 Å². The zero-order valence-electron chi connectivity index (χ0n) is 16.4. The Morgan fingerprint density at radius 1 is 0.900 bits per heavy atom. The van der Waals surface area contributed by atoms with Crippen LogP contribution < -0.4 is 0 Å². The van der Waals surface area contributed by atoms with E-state index in [1.165, 1.54) is 14.7 Å². The Balaban J connectivity index is 3.10. The lowest BCUT2D eigenvalue weighted by atomic mass is 10.3. The van der Waals surface area contributed by atoms with E-state index in [2.05, 4.69) is 0 Å². The fourth-order valence-corrected chi connectivity index (χ4v) is 5.45. The van der Waals surface area contributed by atoms with Crippen LogP contribution in [0, 0.1) is 0 Å². The Morgan fingerprint density at radius 3 is 1.63 bits per heavy atom. The van der Waals surface area contributed by atoms with Crippen LogP contribution in [-0.4, -0.2) is 127 Å². The molecule has 0 saturated carbocycles. The quantitative estimate of drug-likeness (QED) is 0.172. The highest BCUT2D eigenvalue weighted by atomic mass is 31.2. The minimum Gasteiger partial charge on any atom is -0.481 e. The number of nitrogens with zero attached hydrogens (tertiary/aromatic N) is 3. The molecular weight excluding hydrogens is 463 g/mol. The second kappa shape index (κ2) is 12.0. The standard InChI is InChI=1S/C14H28N3O10P3/c18-9-13(22,28-24)16-4-2-15(11-30(26,27)8-1-12(20)21)3-5-17(7-6-16)14(23,10-19)29-25/h18-19,22-23H,1-11H2,(H,20,21)(H,26,27)/p+2. The minimum absolute atomic E-state index is 0.0112. The fraction of sp³-hybridized carbons (Fsp3) is 0.929. The first kappa shape index (κ1) is 27.6. The van der Waals surface area contributed by atoms with Crippen LogP contribution in [0.25, 0.3) is 0 Å². The summed E-state index contributed by atoms with van der Waals surface area (Å²) in [6, 6.07) is 0. The molecule has 0 aliphatic carbocycles. The number of aliphatic hydroxyl groups is 4. The van der Waals surface area contributed by atoms with Crippen LogP contribution in [0.1, 0.15) is 6.42 Å².